The maximum Gasteiger partial charge on any atom is 0.418 e. The van der Waals surface area contributed by atoms with Crippen molar-refractivity contribution in [3.05, 3.63) is 44.1 Å². The van der Waals surface area contributed by atoms with Crippen LogP contribution < -0.4 is 16.4 Å². The predicted octanol–water partition coefficient (Wildman–Crippen LogP) is 4.53. The van der Waals surface area contributed by atoms with Gasteiger partial charge in [-0.1, -0.05) is 0 Å². The van der Waals surface area contributed by atoms with Crippen LogP contribution in [-0.4, -0.2) is 127 Å². The minimum Gasteiger partial charge on any atom is -0.397 e. The molecule has 6 rings (SSSR count). The number of hydrogen-bond acceptors (Lipinski definition) is 7. The molecule has 0 bridgehead atoms. The van der Waals surface area contributed by atoms with Crippen LogP contribution in [0.15, 0.2) is 27.4 Å². The second-order valence-corrected chi connectivity index (χ2v) is 15.1. The molecule has 3 saturated heterocycles. The van der Waals surface area contributed by atoms with E-state index in [9.17, 15) is 27.6 Å². The van der Waals surface area contributed by atoms with Gasteiger partial charge in [-0.25, -0.2) is 9.59 Å². The quantitative estimate of drug-likeness (QED) is 0.373. The van der Waals surface area contributed by atoms with Crippen molar-refractivity contribution in [1.29, 1.82) is 0 Å². The summed E-state index contributed by atoms with van der Waals surface area (Å²) in [6.07, 6.45) is -0.760. The zero-order chi connectivity index (χ0) is 34.9. The highest BCUT2D eigenvalue weighted by molar-refractivity contribution is 9.10. The van der Waals surface area contributed by atoms with Crippen LogP contribution in [0.3, 0.4) is 0 Å². The van der Waals surface area contributed by atoms with Crippen LogP contribution in [0.2, 0.25) is 0 Å². The van der Waals surface area contributed by atoms with Gasteiger partial charge in [-0.05, 0) is 96.8 Å². The maximum atomic E-state index is 14.0. The Morgan fingerprint density at radius 2 is 1.65 bits per heavy atom. The fraction of sp³-hybridized carbons (Fsp3) is 0.606. The minimum absolute atomic E-state index is 0.0389. The number of urea groups is 2. The zero-order valence-electron chi connectivity index (χ0n) is 27.6. The number of carbonyl (C=O) groups is 3. The Labute approximate surface area is 297 Å². The Kier molecular flexibility index (Phi) is 11.0. The molecule has 11 nitrogen and oxygen atoms in total. The van der Waals surface area contributed by atoms with Crippen molar-refractivity contribution in [2.45, 2.75) is 62.8 Å². The molecular formula is C33H44BrF3N8O3S. The summed E-state index contributed by atoms with van der Waals surface area (Å²) in [7, 11) is 2.12. The van der Waals surface area contributed by atoms with E-state index in [1.54, 1.807) is 21.1 Å². The third-order valence-electron chi connectivity index (χ3n) is 10.4. The number of benzene rings is 1. The van der Waals surface area contributed by atoms with Gasteiger partial charge in [0, 0.05) is 74.2 Å². The molecule has 5 heterocycles. The number of carbonyl (C=O) groups excluding carboxylic acids is 3. The summed E-state index contributed by atoms with van der Waals surface area (Å²) in [6.45, 7) is 5.78. The van der Waals surface area contributed by atoms with Gasteiger partial charge < -0.3 is 36.0 Å². The molecule has 2 aromatic rings. The van der Waals surface area contributed by atoms with Gasteiger partial charge in [0.05, 0.1) is 16.9 Å². The van der Waals surface area contributed by atoms with Crippen LogP contribution in [0.25, 0.3) is 0 Å². The Morgan fingerprint density at radius 1 is 0.980 bits per heavy atom. The number of anilines is 2. The lowest BCUT2D eigenvalue weighted by molar-refractivity contribution is -0.137. The first kappa shape index (κ1) is 35.7. The van der Waals surface area contributed by atoms with Crippen molar-refractivity contribution in [3.8, 4) is 0 Å². The summed E-state index contributed by atoms with van der Waals surface area (Å²) in [5.74, 6) is -0.318. The van der Waals surface area contributed by atoms with E-state index in [2.05, 4.69) is 43.4 Å². The first-order valence-corrected chi connectivity index (χ1v) is 18.7. The van der Waals surface area contributed by atoms with E-state index in [-0.39, 0.29) is 34.4 Å². The number of likely N-dealkylation sites (tertiary alicyclic amines) is 2. The molecule has 4 aliphatic rings. The van der Waals surface area contributed by atoms with Gasteiger partial charge in [0.1, 0.15) is 6.04 Å². The van der Waals surface area contributed by atoms with E-state index in [0.29, 0.717) is 64.7 Å². The van der Waals surface area contributed by atoms with E-state index < -0.39 is 29.5 Å². The maximum absolute atomic E-state index is 14.0. The van der Waals surface area contributed by atoms with Gasteiger partial charge in [0.2, 0.25) is 5.91 Å². The Balaban J connectivity index is 1.12. The van der Waals surface area contributed by atoms with Gasteiger partial charge in [-0.2, -0.15) is 13.2 Å². The zero-order valence-corrected chi connectivity index (χ0v) is 30.0. The van der Waals surface area contributed by atoms with Gasteiger partial charge in [-0.3, -0.25) is 9.69 Å². The lowest BCUT2D eigenvalue weighted by Gasteiger charge is -2.43. The lowest BCUT2D eigenvalue weighted by Crippen LogP contribution is -2.59. The summed E-state index contributed by atoms with van der Waals surface area (Å²) in [6, 6.07) is 1.19. The van der Waals surface area contributed by atoms with Crippen LogP contribution in [0, 0.1) is 0 Å². The number of halogens is 4. The molecule has 5 amide bonds. The molecule has 0 spiro atoms. The van der Waals surface area contributed by atoms with Crippen molar-refractivity contribution in [3.63, 3.8) is 0 Å². The molecule has 1 aromatic carbocycles. The molecule has 1 atom stereocenters. The molecule has 49 heavy (non-hydrogen) atoms. The predicted molar refractivity (Wildman–Crippen MR) is 187 cm³/mol. The highest BCUT2D eigenvalue weighted by Crippen LogP contribution is 2.38. The fourth-order valence-corrected chi connectivity index (χ4v) is 8.81. The third-order valence-corrected chi connectivity index (χ3v) is 11.9. The van der Waals surface area contributed by atoms with Crippen LogP contribution in [-0.2, 0) is 23.8 Å². The molecule has 0 unspecified atom stereocenters. The summed E-state index contributed by atoms with van der Waals surface area (Å²) >= 11 is 4.71. The average molecular weight is 770 g/mol. The fourth-order valence-electron chi connectivity index (χ4n) is 7.48. The number of thiophene rings is 1. The van der Waals surface area contributed by atoms with Crippen LogP contribution in [0.1, 0.15) is 42.4 Å². The first-order valence-electron chi connectivity index (χ1n) is 16.9. The topological polar surface area (TPSA) is 117 Å². The van der Waals surface area contributed by atoms with E-state index in [1.807, 2.05) is 15.7 Å². The minimum atomic E-state index is -4.68. The third kappa shape index (κ3) is 8.29. The lowest BCUT2D eigenvalue weighted by atomic mass is 10.00. The van der Waals surface area contributed by atoms with Crippen LogP contribution >= 0.6 is 27.3 Å². The molecule has 4 aliphatic heterocycles. The number of piperidine rings is 2. The molecule has 3 fully saturated rings. The van der Waals surface area contributed by atoms with Gasteiger partial charge in [0.25, 0.3) is 0 Å². The number of nitrogens with one attached hydrogen (secondary N) is 2. The van der Waals surface area contributed by atoms with Gasteiger partial charge in [0.15, 0.2) is 0 Å². The summed E-state index contributed by atoms with van der Waals surface area (Å²) in [5.41, 5.74) is 6.54. The number of nitrogens with two attached hydrogens (primary N) is 1. The van der Waals surface area contributed by atoms with Gasteiger partial charge in [-0.15, -0.1) is 11.3 Å². The SMILES string of the molecule is CN1CCC(N2CCN(C(=O)[C@@H](Cc3cc(Br)c(N)c(C(F)(F)F)c3)NC(=O)N3CCC(N4CCc5cscc5NC4=O)CC3)CC2)CC1. The molecule has 0 saturated carbocycles. The molecule has 0 radical (unpaired) electrons. The van der Waals surface area contributed by atoms with E-state index in [1.165, 1.54) is 6.07 Å². The molecule has 268 valence electrons. The molecule has 1 aromatic heterocycles. The van der Waals surface area contributed by atoms with E-state index >= 15 is 0 Å². The molecule has 0 aliphatic carbocycles. The first-order chi connectivity index (χ1) is 23.4. The standard InChI is InChI=1S/C33H44BrF3N8O3S/c1-41-7-3-23(4-8-41)42-12-14-43(15-13-42)30(46)27(18-21-16-25(33(35,36)37)29(38)26(34)17-21)39-31(47)44-9-5-24(6-10-44)45-11-2-22-19-49-20-28(22)40-32(45)48/h16-17,19-20,23-24,27H,2-15,18,38H2,1H3,(H,39,47)(H,40,48)/t27-/m1/s1. The van der Waals surface area contributed by atoms with Crippen molar-refractivity contribution in [2.24, 2.45) is 0 Å². The molecule has 16 heteroatoms. The Morgan fingerprint density at radius 3 is 2.33 bits per heavy atom. The number of hydrogen-bond donors (Lipinski definition) is 3. The monoisotopic (exact) mass is 768 g/mol. The second-order valence-electron chi connectivity index (χ2n) is 13.5. The average Bonchev–Trinajstić information content (AvgIpc) is 3.45. The van der Waals surface area contributed by atoms with Gasteiger partial charge >= 0.3 is 18.2 Å². The molecular weight excluding hydrogens is 725 g/mol. The normalized spacial score (nSPS) is 21.2. The largest absolute Gasteiger partial charge is 0.418 e. The van der Waals surface area contributed by atoms with Crippen molar-refractivity contribution >= 4 is 56.6 Å². The highest BCUT2D eigenvalue weighted by Gasteiger charge is 2.37. The number of amides is 5. The van der Waals surface area contributed by atoms with Crippen LogP contribution in [0.4, 0.5) is 34.1 Å². The van der Waals surface area contributed by atoms with Crippen molar-refractivity contribution in [2.75, 3.05) is 77.0 Å². The number of nitrogen functional groups attached to an aromatic ring is 1. The van der Waals surface area contributed by atoms with Crippen molar-refractivity contribution < 1.29 is 27.6 Å². The number of rotatable bonds is 6. The Bertz CT molecular complexity index is 1520. The van der Waals surface area contributed by atoms with E-state index in [0.717, 1.165) is 49.7 Å². The summed E-state index contributed by atoms with van der Waals surface area (Å²) in [5, 5.41) is 9.86. The number of nitrogens with zero attached hydrogens (tertiary/aromatic N) is 5. The number of alkyl halides is 3. The number of fused-ring (bicyclic) bond motifs is 1. The smallest absolute Gasteiger partial charge is 0.397 e. The summed E-state index contributed by atoms with van der Waals surface area (Å²) < 4.78 is 41.6. The van der Waals surface area contributed by atoms with Crippen molar-refractivity contribution in [1.82, 2.24) is 29.8 Å². The van der Waals surface area contributed by atoms with E-state index in [4.69, 9.17) is 5.73 Å². The second kappa shape index (κ2) is 15.0. The van der Waals surface area contributed by atoms with Crippen LogP contribution in [0.5, 0.6) is 0 Å². The summed E-state index contributed by atoms with van der Waals surface area (Å²) in [4.78, 5) is 50.6. The Hall–Kier alpha value is -3.08. The molecule has 4 N–H and O–H groups in total. The highest BCUT2D eigenvalue weighted by atomic mass is 79.9. The number of piperazine rings is 1.